The number of benzene rings is 1. The molecular weight excluding hydrogens is 421 g/mol. The van der Waals surface area contributed by atoms with E-state index >= 15 is 0 Å². The second-order valence-corrected chi connectivity index (χ2v) is 6.95. The molecule has 3 N–H and O–H groups in total. The highest BCUT2D eigenvalue weighted by Crippen LogP contribution is 2.17. The number of carbonyl (C=O) groups is 2. The first-order chi connectivity index (χ1) is 15.4. The Labute approximate surface area is 182 Å². The van der Waals surface area contributed by atoms with Crippen LogP contribution in [-0.2, 0) is 38.4 Å². The van der Waals surface area contributed by atoms with E-state index in [0.29, 0.717) is 22.6 Å². The lowest BCUT2D eigenvalue weighted by Gasteiger charge is -2.08. The summed E-state index contributed by atoms with van der Waals surface area (Å²) in [6, 6.07) is 7.05. The molecule has 1 aromatic carbocycles. The Morgan fingerprint density at radius 1 is 1.19 bits per heavy atom. The summed E-state index contributed by atoms with van der Waals surface area (Å²) >= 11 is 0. The first kappa shape index (κ1) is 22.9. The summed E-state index contributed by atoms with van der Waals surface area (Å²) in [5.41, 5.74) is 7.60. The van der Waals surface area contributed by atoms with E-state index in [1.807, 2.05) is 0 Å². The number of nitrogens with one attached hydrogen (secondary N) is 1. The van der Waals surface area contributed by atoms with Gasteiger partial charge in [0.25, 0.3) is 0 Å². The second-order valence-electron chi connectivity index (χ2n) is 6.95. The van der Waals surface area contributed by atoms with E-state index < -0.39 is 18.3 Å². The highest BCUT2D eigenvalue weighted by Gasteiger charge is 2.15. The molecule has 0 fully saturated rings. The van der Waals surface area contributed by atoms with Crippen LogP contribution in [0.1, 0.15) is 30.3 Å². The van der Waals surface area contributed by atoms with Gasteiger partial charge in [-0.05, 0) is 18.1 Å². The van der Waals surface area contributed by atoms with E-state index in [4.69, 9.17) is 15.2 Å². The molecule has 10 nitrogen and oxygen atoms in total. The van der Waals surface area contributed by atoms with Crippen LogP contribution in [0.2, 0.25) is 0 Å². The van der Waals surface area contributed by atoms with Crippen molar-refractivity contribution in [2.45, 2.75) is 32.7 Å². The van der Waals surface area contributed by atoms with Crippen molar-refractivity contribution in [3.05, 3.63) is 51.7 Å². The van der Waals surface area contributed by atoms with Gasteiger partial charge in [-0.25, -0.2) is 19.2 Å². The predicted molar refractivity (Wildman–Crippen MR) is 114 cm³/mol. The molecule has 0 saturated heterocycles. The van der Waals surface area contributed by atoms with Gasteiger partial charge < -0.3 is 20.2 Å². The minimum Gasteiger partial charge on any atom is -0.466 e. The molecule has 0 aliphatic heterocycles. The van der Waals surface area contributed by atoms with E-state index in [2.05, 4.69) is 15.0 Å². The molecular formula is C21H24FN5O5. The Morgan fingerprint density at radius 2 is 1.97 bits per heavy atom. The zero-order valence-corrected chi connectivity index (χ0v) is 17.6. The van der Waals surface area contributed by atoms with Crippen LogP contribution in [0, 0.1) is 0 Å². The molecule has 0 radical (unpaired) electrons. The number of nitrogens with two attached hydrogens (primary N) is 1. The topological polar surface area (TPSA) is 142 Å². The Kier molecular flexibility index (Phi) is 7.53. The molecule has 3 aromatic rings. The molecule has 0 atom stereocenters. The van der Waals surface area contributed by atoms with Gasteiger partial charge in [0.05, 0.1) is 26.0 Å². The summed E-state index contributed by atoms with van der Waals surface area (Å²) in [6.45, 7) is 1.16. The largest absolute Gasteiger partial charge is 0.466 e. The molecule has 0 spiro atoms. The number of alkyl halides is 1. The highest BCUT2D eigenvalue weighted by molar-refractivity contribution is 5.81. The fourth-order valence-electron chi connectivity index (χ4n) is 3.19. The number of hydrogen-bond acceptors (Lipinski definition) is 8. The summed E-state index contributed by atoms with van der Waals surface area (Å²) < 4.78 is 23.2. The Bertz CT molecular complexity index is 1170. The molecule has 0 bridgehead atoms. The number of nitrogens with zero attached hydrogens (tertiary/aromatic N) is 3. The van der Waals surface area contributed by atoms with Crippen LogP contribution >= 0.6 is 0 Å². The SMILES string of the molecule is CCOC(=O)CCc1nc(N)c2[nH]c(=O)n(Cc3cccc(CC(=O)OCCF)c3)c2n1. The molecule has 0 amide bonds. The number of imidazole rings is 1. The van der Waals surface area contributed by atoms with Crippen molar-refractivity contribution in [3.63, 3.8) is 0 Å². The number of aromatic nitrogens is 4. The monoisotopic (exact) mass is 445 g/mol. The number of fused-ring (bicyclic) bond motifs is 1. The van der Waals surface area contributed by atoms with Gasteiger partial charge in [-0.2, -0.15) is 0 Å². The summed E-state index contributed by atoms with van der Waals surface area (Å²) in [6.07, 6.45) is 0.298. The van der Waals surface area contributed by atoms with Gasteiger partial charge in [0, 0.05) is 6.42 Å². The smallest absolute Gasteiger partial charge is 0.328 e. The quantitative estimate of drug-likeness (QED) is 0.445. The van der Waals surface area contributed by atoms with Crippen LogP contribution < -0.4 is 11.4 Å². The molecule has 32 heavy (non-hydrogen) atoms. The fraction of sp³-hybridized carbons (Fsp3) is 0.381. The molecule has 2 aromatic heterocycles. The van der Waals surface area contributed by atoms with Crippen LogP contribution in [0.15, 0.2) is 29.1 Å². The van der Waals surface area contributed by atoms with Crippen LogP contribution in [0.3, 0.4) is 0 Å². The van der Waals surface area contributed by atoms with Gasteiger partial charge in [-0.15, -0.1) is 0 Å². The van der Waals surface area contributed by atoms with E-state index in [-0.39, 0.29) is 50.8 Å². The molecule has 170 valence electrons. The number of H-pyrrole nitrogens is 1. The first-order valence-corrected chi connectivity index (χ1v) is 10.1. The number of aromatic amines is 1. The molecule has 0 aliphatic rings. The fourth-order valence-corrected chi connectivity index (χ4v) is 3.19. The number of carbonyl (C=O) groups excluding carboxylic acids is 2. The number of esters is 2. The van der Waals surface area contributed by atoms with Gasteiger partial charge in [0.1, 0.15) is 24.6 Å². The standard InChI is InChI=1S/C21H24FN5O5/c1-2-31-16(28)7-6-15-24-19(23)18-20(25-15)27(21(30)26-18)12-14-5-3-4-13(10-14)11-17(29)32-9-8-22/h3-5,10H,2,6-9,11-12H2,1H3,(H,26,30)(H2,23,24,25). The number of anilines is 1. The molecule has 0 aliphatic carbocycles. The van der Waals surface area contributed by atoms with Gasteiger partial charge in [-0.1, -0.05) is 24.3 Å². The highest BCUT2D eigenvalue weighted by atomic mass is 19.1. The van der Waals surface area contributed by atoms with Crippen LogP contribution in [0.4, 0.5) is 10.2 Å². The normalized spacial score (nSPS) is 10.9. The summed E-state index contributed by atoms with van der Waals surface area (Å²) in [4.78, 5) is 47.1. The van der Waals surface area contributed by atoms with Crippen molar-refractivity contribution in [3.8, 4) is 0 Å². The van der Waals surface area contributed by atoms with Gasteiger partial charge >= 0.3 is 17.6 Å². The third-order valence-corrected chi connectivity index (χ3v) is 4.58. The minimum atomic E-state index is -0.734. The number of ether oxygens (including phenoxy) is 2. The lowest BCUT2D eigenvalue weighted by molar-refractivity contribution is -0.144. The summed E-state index contributed by atoms with van der Waals surface area (Å²) in [5, 5.41) is 0. The van der Waals surface area contributed by atoms with Crippen molar-refractivity contribution in [1.82, 2.24) is 19.5 Å². The second kappa shape index (κ2) is 10.5. The number of hydrogen-bond donors (Lipinski definition) is 2. The number of aryl methyl sites for hydroxylation is 1. The Balaban J connectivity index is 1.83. The maximum atomic E-state index is 12.5. The first-order valence-electron chi connectivity index (χ1n) is 10.1. The Morgan fingerprint density at radius 3 is 2.72 bits per heavy atom. The average molecular weight is 445 g/mol. The molecule has 2 heterocycles. The van der Waals surface area contributed by atoms with E-state index in [9.17, 15) is 18.8 Å². The maximum Gasteiger partial charge on any atom is 0.328 e. The Hall–Kier alpha value is -3.76. The molecule has 0 unspecified atom stereocenters. The number of rotatable bonds is 10. The molecule has 11 heteroatoms. The van der Waals surface area contributed by atoms with Crippen molar-refractivity contribution in [2.75, 3.05) is 25.6 Å². The molecule has 0 saturated carbocycles. The summed E-state index contributed by atoms with van der Waals surface area (Å²) in [7, 11) is 0. The summed E-state index contributed by atoms with van der Waals surface area (Å²) in [5.74, 6) is -0.479. The lowest BCUT2D eigenvalue weighted by Crippen LogP contribution is -2.18. The van der Waals surface area contributed by atoms with Crippen LogP contribution in [0.25, 0.3) is 11.2 Å². The average Bonchev–Trinajstić information content (AvgIpc) is 3.07. The zero-order chi connectivity index (χ0) is 23.1. The third-order valence-electron chi connectivity index (χ3n) is 4.58. The maximum absolute atomic E-state index is 12.5. The van der Waals surface area contributed by atoms with Crippen LogP contribution in [0.5, 0.6) is 0 Å². The van der Waals surface area contributed by atoms with Crippen molar-refractivity contribution in [1.29, 1.82) is 0 Å². The number of halogens is 1. The third kappa shape index (κ3) is 5.68. The van der Waals surface area contributed by atoms with E-state index in [1.165, 1.54) is 4.57 Å². The molecule has 3 rings (SSSR count). The van der Waals surface area contributed by atoms with Gasteiger partial charge in [-0.3, -0.25) is 14.2 Å². The van der Waals surface area contributed by atoms with Gasteiger partial charge in [0.2, 0.25) is 0 Å². The van der Waals surface area contributed by atoms with Crippen molar-refractivity contribution < 1.29 is 23.5 Å². The van der Waals surface area contributed by atoms with Crippen molar-refractivity contribution >= 4 is 28.9 Å². The van der Waals surface area contributed by atoms with Crippen molar-refractivity contribution in [2.24, 2.45) is 0 Å². The predicted octanol–water partition coefficient (Wildman–Crippen LogP) is 1.30. The van der Waals surface area contributed by atoms with Gasteiger partial charge in [0.15, 0.2) is 11.5 Å². The zero-order valence-electron chi connectivity index (χ0n) is 17.6. The van der Waals surface area contributed by atoms with Crippen LogP contribution in [-0.4, -0.2) is 51.3 Å². The van der Waals surface area contributed by atoms with E-state index in [1.54, 1.807) is 31.2 Å². The lowest BCUT2D eigenvalue weighted by atomic mass is 10.1. The minimum absolute atomic E-state index is 0.0102. The number of nitrogen functional groups attached to an aromatic ring is 1. The van der Waals surface area contributed by atoms with E-state index in [0.717, 1.165) is 5.56 Å².